The van der Waals surface area contributed by atoms with E-state index in [1.165, 1.54) is 18.4 Å². The second-order valence-corrected chi connectivity index (χ2v) is 6.99. The third kappa shape index (κ3) is 3.99. The summed E-state index contributed by atoms with van der Waals surface area (Å²) in [6.45, 7) is 1.64. The van der Waals surface area contributed by atoms with Crippen molar-refractivity contribution in [1.82, 2.24) is 0 Å². The van der Waals surface area contributed by atoms with Crippen molar-refractivity contribution < 1.29 is 14.6 Å². The topological polar surface area (TPSA) is 38.7 Å². The van der Waals surface area contributed by atoms with Crippen LogP contribution in [0.15, 0.2) is 16.6 Å². The third-order valence-corrected chi connectivity index (χ3v) is 4.83. The number of aliphatic hydroxyl groups excluding tert-OH is 1. The molecule has 0 bridgehead atoms. The van der Waals surface area contributed by atoms with E-state index < -0.39 is 0 Å². The van der Waals surface area contributed by atoms with Gasteiger partial charge < -0.3 is 14.6 Å². The molecule has 2 heterocycles. The average molecular weight is 355 g/mol. The summed E-state index contributed by atoms with van der Waals surface area (Å²) >= 11 is 3.55. The molecule has 0 spiro atoms. The molecule has 1 aromatic rings. The van der Waals surface area contributed by atoms with Crippen LogP contribution < -0.4 is 4.74 Å². The lowest BCUT2D eigenvalue weighted by atomic mass is 9.97. The number of benzene rings is 1. The highest BCUT2D eigenvalue weighted by atomic mass is 79.9. The van der Waals surface area contributed by atoms with Crippen LogP contribution in [0, 0.1) is 0 Å². The molecule has 2 atom stereocenters. The molecule has 2 aliphatic heterocycles. The average Bonchev–Trinajstić information content (AvgIpc) is 2.94. The molecule has 0 aliphatic carbocycles. The first-order valence-electron chi connectivity index (χ1n) is 7.96. The molecule has 3 rings (SSSR count). The largest absolute Gasteiger partial charge is 0.493 e. The molecular weight excluding hydrogens is 332 g/mol. The summed E-state index contributed by atoms with van der Waals surface area (Å²) in [5.41, 5.74) is 2.37. The molecular formula is C17H23BrO3. The van der Waals surface area contributed by atoms with E-state index in [1.54, 1.807) is 0 Å². The highest BCUT2D eigenvalue weighted by Gasteiger charge is 2.21. The maximum Gasteiger partial charge on any atom is 0.125 e. The molecule has 0 radical (unpaired) electrons. The van der Waals surface area contributed by atoms with Gasteiger partial charge in [0.15, 0.2) is 0 Å². The minimum atomic E-state index is -0.321. The highest BCUT2D eigenvalue weighted by Crippen LogP contribution is 2.34. The maximum absolute atomic E-state index is 10.3. The molecule has 21 heavy (non-hydrogen) atoms. The van der Waals surface area contributed by atoms with E-state index in [2.05, 4.69) is 28.1 Å². The van der Waals surface area contributed by atoms with Crippen molar-refractivity contribution in [1.29, 1.82) is 0 Å². The third-order valence-electron chi connectivity index (χ3n) is 4.38. The lowest BCUT2D eigenvalue weighted by Gasteiger charge is -2.23. The zero-order valence-corrected chi connectivity index (χ0v) is 13.9. The summed E-state index contributed by atoms with van der Waals surface area (Å²) in [7, 11) is 0. The molecule has 2 aliphatic rings. The van der Waals surface area contributed by atoms with Crippen molar-refractivity contribution in [3.63, 3.8) is 0 Å². The number of halogens is 1. The van der Waals surface area contributed by atoms with E-state index in [-0.39, 0.29) is 6.10 Å². The summed E-state index contributed by atoms with van der Waals surface area (Å²) in [6.07, 6.45) is 6.99. The zero-order valence-electron chi connectivity index (χ0n) is 12.3. The van der Waals surface area contributed by atoms with Crippen LogP contribution in [0.3, 0.4) is 0 Å². The molecule has 0 aromatic heterocycles. The zero-order chi connectivity index (χ0) is 14.7. The van der Waals surface area contributed by atoms with Gasteiger partial charge >= 0.3 is 0 Å². The molecule has 0 saturated carbocycles. The van der Waals surface area contributed by atoms with Gasteiger partial charge in [0.2, 0.25) is 0 Å². The minimum absolute atomic E-state index is 0.321. The van der Waals surface area contributed by atoms with Gasteiger partial charge in [0.05, 0.1) is 18.8 Å². The quantitative estimate of drug-likeness (QED) is 0.877. The van der Waals surface area contributed by atoms with Gasteiger partial charge in [-0.25, -0.2) is 0 Å². The van der Waals surface area contributed by atoms with Crippen molar-refractivity contribution in [2.24, 2.45) is 0 Å². The lowest BCUT2D eigenvalue weighted by Crippen LogP contribution is -2.22. The van der Waals surface area contributed by atoms with Gasteiger partial charge in [0, 0.05) is 23.9 Å². The number of fused-ring (bicyclic) bond motifs is 1. The Morgan fingerprint density at radius 3 is 3.00 bits per heavy atom. The lowest BCUT2D eigenvalue weighted by molar-refractivity contribution is 0.00231. The molecule has 116 valence electrons. The van der Waals surface area contributed by atoms with E-state index in [4.69, 9.17) is 9.47 Å². The number of aliphatic hydroxyl groups is 1. The number of ether oxygens (including phenoxy) is 2. The van der Waals surface area contributed by atoms with Crippen LogP contribution in [0.1, 0.15) is 43.2 Å². The Kier molecular flexibility index (Phi) is 5.19. The predicted octanol–water partition coefficient (Wildman–Crippen LogP) is 3.64. The van der Waals surface area contributed by atoms with Crippen molar-refractivity contribution >= 4 is 15.9 Å². The van der Waals surface area contributed by atoms with Crippen LogP contribution in [0.4, 0.5) is 0 Å². The first-order valence-corrected chi connectivity index (χ1v) is 8.75. The molecule has 2 unspecified atom stereocenters. The summed E-state index contributed by atoms with van der Waals surface area (Å²) in [5, 5.41) is 10.3. The smallest absolute Gasteiger partial charge is 0.125 e. The van der Waals surface area contributed by atoms with E-state index in [1.807, 2.05) is 0 Å². The van der Waals surface area contributed by atoms with Gasteiger partial charge in [-0.2, -0.15) is 0 Å². The molecule has 1 fully saturated rings. The second-order valence-electron chi connectivity index (χ2n) is 6.08. The van der Waals surface area contributed by atoms with Crippen LogP contribution in [0.25, 0.3) is 0 Å². The van der Waals surface area contributed by atoms with Crippen LogP contribution >= 0.6 is 15.9 Å². The van der Waals surface area contributed by atoms with Gasteiger partial charge in [-0.05, 0) is 55.4 Å². The first kappa shape index (κ1) is 15.3. The second kappa shape index (κ2) is 7.12. The number of rotatable bonds is 5. The van der Waals surface area contributed by atoms with Crippen LogP contribution in [-0.2, 0) is 17.6 Å². The van der Waals surface area contributed by atoms with Gasteiger partial charge in [-0.1, -0.05) is 15.9 Å². The Morgan fingerprint density at radius 2 is 2.19 bits per heavy atom. The number of hydrogen-bond acceptors (Lipinski definition) is 3. The summed E-state index contributed by atoms with van der Waals surface area (Å²) in [6, 6.07) is 4.19. The molecule has 1 saturated heterocycles. The molecule has 1 aromatic carbocycles. The fourth-order valence-electron chi connectivity index (χ4n) is 3.27. The molecule has 0 amide bonds. The maximum atomic E-state index is 10.3. The van der Waals surface area contributed by atoms with E-state index in [0.29, 0.717) is 12.5 Å². The number of hydrogen-bond donors (Lipinski definition) is 1. The molecule has 1 N–H and O–H groups in total. The normalized spacial score (nSPS) is 22.7. The molecule has 4 heteroatoms. The van der Waals surface area contributed by atoms with E-state index in [9.17, 15) is 5.11 Å². The Labute approximate surface area is 134 Å². The summed E-state index contributed by atoms with van der Waals surface area (Å²) in [5.74, 6) is 0.992. The van der Waals surface area contributed by atoms with Crippen LogP contribution in [-0.4, -0.2) is 30.5 Å². The Hall–Kier alpha value is -0.580. The molecule has 3 nitrogen and oxygen atoms in total. The summed E-state index contributed by atoms with van der Waals surface area (Å²) in [4.78, 5) is 0. The van der Waals surface area contributed by atoms with Gasteiger partial charge in [0.25, 0.3) is 0 Å². The van der Waals surface area contributed by atoms with Crippen molar-refractivity contribution in [2.45, 2.75) is 57.2 Å². The van der Waals surface area contributed by atoms with Gasteiger partial charge in [-0.3, -0.25) is 0 Å². The van der Waals surface area contributed by atoms with Gasteiger partial charge in [0.1, 0.15) is 5.75 Å². The van der Waals surface area contributed by atoms with E-state index in [0.717, 1.165) is 54.7 Å². The summed E-state index contributed by atoms with van der Waals surface area (Å²) < 4.78 is 12.5. The fraction of sp³-hybridized carbons (Fsp3) is 0.647. The first-order chi connectivity index (χ1) is 10.2. The Bertz CT molecular complexity index is 483. The standard InChI is InChI=1S/C17H23BrO3/c18-14-9-12-6-8-21-17(12)13(10-14)11-15(19)4-5-16-3-1-2-7-20-16/h9-10,15-16,19H,1-8,11H2. The van der Waals surface area contributed by atoms with Crippen molar-refractivity contribution in [3.8, 4) is 5.75 Å². The minimum Gasteiger partial charge on any atom is -0.493 e. The predicted molar refractivity (Wildman–Crippen MR) is 85.9 cm³/mol. The highest BCUT2D eigenvalue weighted by molar-refractivity contribution is 9.10. The fourth-order valence-corrected chi connectivity index (χ4v) is 3.82. The Balaban J connectivity index is 1.56. The van der Waals surface area contributed by atoms with Gasteiger partial charge in [-0.15, -0.1) is 0 Å². The van der Waals surface area contributed by atoms with Crippen LogP contribution in [0.5, 0.6) is 5.75 Å². The monoisotopic (exact) mass is 354 g/mol. The van der Waals surface area contributed by atoms with Crippen molar-refractivity contribution in [2.75, 3.05) is 13.2 Å². The van der Waals surface area contributed by atoms with Crippen molar-refractivity contribution in [3.05, 3.63) is 27.7 Å². The van der Waals surface area contributed by atoms with E-state index >= 15 is 0 Å². The Morgan fingerprint density at radius 1 is 1.29 bits per heavy atom. The SMILES string of the molecule is OC(CCC1CCCCO1)Cc1cc(Br)cc2c1OCC2. The van der Waals surface area contributed by atoms with Crippen LogP contribution in [0.2, 0.25) is 0 Å².